The number of carbonyl (C=O) groups excluding carboxylic acids is 2. The summed E-state index contributed by atoms with van der Waals surface area (Å²) in [5, 5.41) is 5.40. The summed E-state index contributed by atoms with van der Waals surface area (Å²) >= 11 is 0. The molecule has 0 aromatic carbocycles. The maximum atomic E-state index is 9.93. The number of nitrogens with one attached hydrogen (secondary N) is 1. The van der Waals surface area contributed by atoms with E-state index in [1.807, 2.05) is 0 Å². The SMILES string of the molecule is CCCCCCC1CCC(CCCCCCCN=C=O)CC1.N=C=O. The normalized spacial score (nSPS) is 19.2. The van der Waals surface area contributed by atoms with Gasteiger partial charge in [0, 0.05) is 0 Å². The van der Waals surface area contributed by atoms with Gasteiger partial charge in [-0.3, -0.25) is 0 Å². The zero-order valence-corrected chi connectivity index (χ0v) is 16.2. The Bertz CT molecular complexity index is 364. The maximum Gasteiger partial charge on any atom is 0.234 e. The van der Waals surface area contributed by atoms with Gasteiger partial charge in [-0.15, -0.1) is 0 Å². The molecule has 0 radical (unpaired) electrons. The van der Waals surface area contributed by atoms with Crippen LogP contribution in [0.2, 0.25) is 0 Å². The highest BCUT2D eigenvalue weighted by molar-refractivity contribution is 5.32. The van der Waals surface area contributed by atoms with E-state index < -0.39 is 0 Å². The van der Waals surface area contributed by atoms with E-state index in [2.05, 4.69) is 11.9 Å². The van der Waals surface area contributed by atoms with Gasteiger partial charge < -0.3 is 0 Å². The summed E-state index contributed by atoms with van der Waals surface area (Å²) < 4.78 is 0. The van der Waals surface area contributed by atoms with Crippen molar-refractivity contribution in [3.63, 3.8) is 0 Å². The van der Waals surface area contributed by atoms with E-state index in [0.29, 0.717) is 6.54 Å². The molecule has 0 aromatic rings. The Hall–Kier alpha value is -1.24. The number of isocyanates is 2. The van der Waals surface area contributed by atoms with Crippen LogP contribution in [-0.4, -0.2) is 18.7 Å². The zero-order chi connectivity index (χ0) is 18.6. The van der Waals surface area contributed by atoms with Crippen LogP contribution in [0.25, 0.3) is 0 Å². The molecule has 0 unspecified atom stereocenters. The molecule has 1 fully saturated rings. The molecule has 4 heteroatoms. The number of aliphatic imine (C=N–C) groups is 1. The van der Waals surface area contributed by atoms with Crippen molar-refractivity contribution in [2.24, 2.45) is 16.8 Å². The van der Waals surface area contributed by atoms with Gasteiger partial charge in [0.1, 0.15) is 0 Å². The van der Waals surface area contributed by atoms with Crippen molar-refractivity contribution in [3.8, 4) is 0 Å². The van der Waals surface area contributed by atoms with E-state index in [4.69, 9.17) is 10.2 Å². The smallest absolute Gasteiger partial charge is 0.222 e. The molecule has 0 saturated heterocycles. The number of hydrogen-bond donors (Lipinski definition) is 1. The van der Waals surface area contributed by atoms with Gasteiger partial charge in [-0.05, 0) is 18.3 Å². The molecule has 0 aromatic heterocycles. The van der Waals surface area contributed by atoms with E-state index in [0.717, 1.165) is 24.3 Å². The Morgan fingerprint density at radius 2 is 1.24 bits per heavy atom. The van der Waals surface area contributed by atoms with Gasteiger partial charge in [0.15, 0.2) is 0 Å². The fourth-order valence-corrected chi connectivity index (χ4v) is 3.87. The van der Waals surface area contributed by atoms with Crippen LogP contribution in [0.4, 0.5) is 0 Å². The Kier molecular flexibility index (Phi) is 18.1. The van der Waals surface area contributed by atoms with E-state index in [9.17, 15) is 4.79 Å². The van der Waals surface area contributed by atoms with Crippen molar-refractivity contribution in [2.45, 2.75) is 103 Å². The summed E-state index contributed by atoms with van der Waals surface area (Å²) in [6.07, 6.45) is 23.4. The second-order valence-electron chi connectivity index (χ2n) is 7.37. The van der Waals surface area contributed by atoms with Crippen LogP contribution in [0.15, 0.2) is 4.99 Å². The predicted molar refractivity (Wildman–Crippen MR) is 103 cm³/mol. The highest BCUT2D eigenvalue weighted by Gasteiger charge is 2.20. The van der Waals surface area contributed by atoms with E-state index in [1.165, 1.54) is 89.9 Å². The lowest BCUT2D eigenvalue weighted by molar-refractivity contribution is 0.244. The lowest BCUT2D eigenvalue weighted by Gasteiger charge is -2.28. The van der Waals surface area contributed by atoms with Crippen molar-refractivity contribution in [1.29, 1.82) is 5.41 Å². The first kappa shape index (κ1) is 23.8. The van der Waals surface area contributed by atoms with Crippen LogP contribution in [0.1, 0.15) is 103 Å². The first-order valence-electron chi connectivity index (χ1n) is 10.4. The van der Waals surface area contributed by atoms with E-state index >= 15 is 0 Å². The van der Waals surface area contributed by atoms with Crippen molar-refractivity contribution in [3.05, 3.63) is 0 Å². The van der Waals surface area contributed by atoms with Crippen molar-refractivity contribution >= 4 is 12.2 Å². The molecule has 1 aliphatic carbocycles. The summed E-state index contributed by atoms with van der Waals surface area (Å²) in [5.74, 6) is 2.07. The molecule has 0 atom stereocenters. The van der Waals surface area contributed by atoms with Crippen LogP contribution in [0, 0.1) is 17.2 Å². The topological polar surface area (TPSA) is 70.3 Å². The summed E-state index contributed by atoms with van der Waals surface area (Å²) in [6, 6.07) is 0. The fraction of sp³-hybridized carbons (Fsp3) is 0.905. The first-order chi connectivity index (χ1) is 12.3. The molecular formula is C21H38N2O2. The standard InChI is InChI=1S/C20H37NO.CHNO/c1-2-3-4-8-11-19-13-15-20(16-14-19)12-9-6-5-7-10-17-21-18-22;2-1-3/h19-20H,2-17H2,1H3;2H. The van der Waals surface area contributed by atoms with Gasteiger partial charge in [-0.25, -0.2) is 20.0 Å². The van der Waals surface area contributed by atoms with Crippen LogP contribution in [0.3, 0.4) is 0 Å². The van der Waals surface area contributed by atoms with Gasteiger partial charge >= 0.3 is 0 Å². The molecule has 0 spiro atoms. The van der Waals surface area contributed by atoms with Crippen LogP contribution >= 0.6 is 0 Å². The highest BCUT2D eigenvalue weighted by Crippen LogP contribution is 2.34. The minimum absolute atomic E-state index is 0.672. The fourth-order valence-electron chi connectivity index (χ4n) is 3.87. The molecular weight excluding hydrogens is 312 g/mol. The van der Waals surface area contributed by atoms with Crippen LogP contribution in [0.5, 0.6) is 0 Å². The number of nitrogens with zero attached hydrogens (tertiary/aromatic N) is 1. The third-order valence-corrected chi connectivity index (χ3v) is 5.38. The largest absolute Gasteiger partial charge is 0.234 e. The molecule has 0 amide bonds. The van der Waals surface area contributed by atoms with Crippen LogP contribution < -0.4 is 0 Å². The molecule has 0 bridgehead atoms. The van der Waals surface area contributed by atoms with Crippen molar-refractivity contribution < 1.29 is 9.59 Å². The number of rotatable bonds is 13. The summed E-state index contributed by atoms with van der Waals surface area (Å²) in [7, 11) is 0. The molecule has 1 rings (SSSR count). The second-order valence-corrected chi connectivity index (χ2v) is 7.37. The van der Waals surface area contributed by atoms with E-state index in [-0.39, 0.29) is 0 Å². The first-order valence-corrected chi connectivity index (χ1v) is 10.4. The van der Waals surface area contributed by atoms with Crippen molar-refractivity contribution in [2.75, 3.05) is 6.54 Å². The third kappa shape index (κ3) is 16.0. The number of unbranched alkanes of at least 4 members (excludes halogenated alkanes) is 7. The van der Waals surface area contributed by atoms with Gasteiger partial charge in [0.25, 0.3) is 0 Å². The Balaban J connectivity index is 0.00000178. The molecule has 0 heterocycles. The van der Waals surface area contributed by atoms with Gasteiger partial charge in [0.05, 0.1) is 6.54 Å². The quantitative estimate of drug-likeness (QED) is 0.239. The average molecular weight is 351 g/mol. The minimum atomic E-state index is 0.672. The Morgan fingerprint density at radius 1 is 0.800 bits per heavy atom. The monoisotopic (exact) mass is 350 g/mol. The zero-order valence-electron chi connectivity index (χ0n) is 16.2. The number of hydrogen-bond acceptors (Lipinski definition) is 4. The predicted octanol–water partition coefficient (Wildman–Crippen LogP) is 6.34. The van der Waals surface area contributed by atoms with Crippen LogP contribution in [-0.2, 0) is 9.59 Å². The maximum absolute atomic E-state index is 9.93. The second kappa shape index (κ2) is 19.1. The Labute approximate surface area is 154 Å². The molecule has 25 heavy (non-hydrogen) atoms. The van der Waals surface area contributed by atoms with E-state index in [1.54, 1.807) is 6.08 Å². The molecule has 1 aliphatic rings. The Morgan fingerprint density at radius 3 is 1.72 bits per heavy atom. The molecule has 0 aliphatic heterocycles. The highest BCUT2D eigenvalue weighted by atomic mass is 16.1. The molecule has 144 valence electrons. The molecule has 1 N–H and O–H groups in total. The van der Waals surface area contributed by atoms with Gasteiger partial charge in [-0.1, -0.05) is 96.8 Å². The van der Waals surface area contributed by atoms with Crippen molar-refractivity contribution in [1.82, 2.24) is 0 Å². The third-order valence-electron chi connectivity index (χ3n) is 5.38. The summed E-state index contributed by atoms with van der Waals surface area (Å²) in [6.45, 7) is 2.97. The lowest BCUT2D eigenvalue weighted by Crippen LogP contribution is -2.14. The minimum Gasteiger partial charge on any atom is -0.222 e. The molecule has 4 nitrogen and oxygen atoms in total. The molecule has 1 saturated carbocycles. The van der Waals surface area contributed by atoms with Gasteiger partial charge in [0.2, 0.25) is 12.2 Å². The summed E-state index contributed by atoms with van der Waals surface area (Å²) in [4.78, 5) is 21.9. The lowest BCUT2D eigenvalue weighted by atomic mass is 9.78. The average Bonchev–Trinajstić information content (AvgIpc) is 2.63. The summed E-state index contributed by atoms with van der Waals surface area (Å²) in [5.41, 5.74) is 0. The van der Waals surface area contributed by atoms with Gasteiger partial charge in [-0.2, -0.15) is 0 Å².